The Balaban J connectivity index is 2.32. The maximum Gasteiger partial charge on any atom is 0.0592 e. The lowest BCUT2D eigenvalue weighted by Gasteiger charge is -2.14. The Morgan fingerprint density at radius 2 is 2.19 bits per heavy atom. The minimum Gasteiger partial charge on any atom is -0.395 e. The summed E-state index contributed by atoms with van der Waals surface area (Å²) in [5.74, 6) is 1.79. The SMILES string of the molecule is CCNC(CO)CSCc1ccccc1Cl. The maximum atomic E-state index is 9.11. The Morgan fingerprint density at radius 3 is 2.81 bits per heavy atom. The number of halogens is 1. The van der Waals surface area contributed by atoms with Gasteiger partial charge in [0.1, 0.15) is 0 Å². The summed E-state index contributed by atoms with van der Waals surface area (Å²) in [6.45, 7) is 3.11. The average Bonchev–Trinajstić information content (AvgIpc) is 2.30. The van der Waals surface area contributed by atoms with Crippen molar-refractivity contribution in [3.63, 3.8) is 0 Å². The van der Waals surface area contributed by atoms with Gasteiger partial charge >= 0.3 is 0 Å². The lowest BCUT2D eigenvalue weighted by atomic mass is 10.2. The molecule has 1 atom stereocenters. The molecule has 1 aromatic carbocycles. The summed E-state index contributed by atoms with van der Waals surface area (Å²) in [4.78, 5) is 0. The number of hydrogen-bond acceptors (Lipinski definition) is 3. The summed E-state index contributed by atoms with van der Waals surface area (Å²) in [6, 6.07) is 8.06. The average molecular weight is 260 g/mol. The van der Waals surface area contributed by atoms with E-state index in [1.165, 1.54) is 0 Å². The van der Waals surface area contributed by atoms with Crippen molar-refractivity contribution in [2.75, 3.05) is 18.9 Å². The van der Waals surface area contributed by atoms with Crippen LogP contribution in [-0.2, 0) is 5.75 Å². The van der Waals surface area contributed by atoms with Crippen LogP contribution in [0.1, 0.15) is 12.5 Å². The molecule has 0 radical (unpaired) electrons. The molecule has 0 saturated carbocycles. The van der Waals surface area contributed by atoms with Crippen LogP contribution < -0.4 is 5.32 Å². The lowest BCUT2D eigenvalue weighted by molar-refractivity contribution is 0.255. The highest BCUT2D eigenvalue weighted by molar-refractivity contribution is 7.98. The summed E-state index contributed by atoms with van der Waals surface area (Å²) < 4.78 is 0. The molecular formula is C12H18ClNOS. The second-order valence-electron chi connectivity index (χ2n) is 3.54. The van der Waals surface area contributed by atoms with Crippen molar-refractivity contribution in [1.29, 1.82) is 0 Å². The van der Waals surface area contributed by atoms with E-state index < -0.39 is 0 Å². The van der Waals surface area contributed by atoms with Crippen LogP contribution in [0.15, 0.2) is 24.3 Å². The van der Waals surface area contributed by atoms with E-state index in [-0.39, 0.29) is 12.6 Å². The summed E-state index contributed by atoms with van der Waals surface area (Å²) in [5.41, 5.74) is 1.15. The summed E-state index contributed by atoms with van der Waals surface area (Å²) in [6.07, 6.45) is 0. The van der Waals surface area contributed by atoms with E-state index in [2.05, 4.69) is 5.32 Å². The van der Waals surface area contributed by atoms with Gasteiger partial charge in [-0.25, -0.2) is 0 Å². The van der Waals surface area contributed by atoms with Gasteiger partial charge in [-0.05, 0) is 18.2 Å². The Kier molecular flexibility index (Phi) is 6.88. The van der Waals surface area contributed by atoms with Gasteiger partial charge in [0.05, 0.1) is 6.61 Å². The molecule has 0 spiro atoms. The van der Waals surface area contributed by atoms with Crippen LogP contribution in [0.5, 0.6) is 0 Å². The molecule has 1 rings (SSSR count). The molecule has 16 heavy (non-hydrogen) atoms. The third-order valence-electron chi connectivity index (χ3n) is 2.25. The van der Waals surface area contributed by atoms with Crippen molar-refractivity contribution >= 4 is 23.4 Å². The van der Waals surface area contributed by atoms with Crippen LogP contribution in [0.2, 0.25) is 5.02 Å². The molecule has 1 aromatic rings. The van der Waals surface area contributed by atoms with Crippen LogP contribution in [0.3, 0.4) is 0 Å². The maximum absolute atomic E-state index is 9.11. The van der Waals surface area contributed by atoms with Crippen LogP contribution in [0.4, 0.5) is 0 Å². The zero-order valence-corrected chi connectivity index (χ0v) is 11.0. The van der Waals surface area contributed by atoms with Gasteiger partial charge in [0.25, 0.3) is 0 Å². The van der Waals surface area contributed by atoms with Crippen molar-refractivity contribution in [1.82, 2.24) is 5.32 Å². The first-order chi connectivity index (χ1) is 7.77. The zero-order valence-electron chi connectivity index (χ0n) is 9.45. The van der Waals surface area contributed by atoms with Crippen molar-refractivity contribution in [3.8, 4) is 0 Å². The number of benzene rings is 1. The van der Waals surface area contributed by atoms with Crippen molar-refractivity contribution < 1.29 is 5.11 Å². The first kappa shape index (κ1) is 13.8. The molecule has 0 aromatic heterocycles. The third kappa shape index (κ3) is 4.74. The van der Waals surface area contributed by atoms with E-state index in [0.717, 1.165) is 28.6 Å². The molecular weight excluding hydrogens is 242 g/mol. The fourth-order valence-electron chi connectivity index (χ4n) is 1.39. The monoisotopic (exact) mass is 259 g/mol. The van der Waals surface area contributed by atoms with E-state index in [1.54, 1.807) is 11.8 Å². The van der Waals surface area contributed by atoms with E-state index in [0.29, 0.717) is 0 Å². The number of hydrogen-bond donors (Lipinski definition) is 2. The predicted molar refractivity (Wildman–Crippen MR) is 72.2 cm³/mol. The molecule has 2 nitrogen and oxygen atoms in total. The first-order valence-electron chi connectivity index (χ1n) is 5.43. The van der Waals surface area contributed by atoms with Crippen LogP contribution in [-0.4, -0.2) is 30.1 Å². The smallest absolute Gasteiger partial charge is 0.0592 e. The Labute approximate surface area is 106 Å². The molecule has 0 aliphatic heterocycles. The minimum atomic E-state index is 0.178. The topological polar surface area (TPSA) is 32.3 Å². The van der Waals surface area contributed by atoms with Crippen molar-refractivity contribution in [2.24, 2.45) is 0 Å². The molecule has 2 N–H and O–H groups in total. The number of aliphatic hydroxyl groups excluding tert-OH is 1. The molecule has 90 valence electrons. The van der Waals surface area contributed by atoms with Gasteiger partial charge in [-0.2, -0.15) is 11.8 Å². The van der Waals surface area contributed by atoms with Gasteiger partial charge in [0.2, 0.25) is 0 Å². The second kappa shape index (κ2) is 7.96. The largest absolute Gasteiger partial charge is 0.395 e. The predicted octanol–water partition coefficient (Wildman–Crippen LogP) is 2.54. The molecule has 0 aliphatic rings. The van der Waals surface area contributed by atoms with Crippen LogP contribution >= 0.6 is 23.4 Å². The molecule has 0 heterocycles. The molecule has 0 fully saturated rings. The quantitative estimate of drug-likeness (QED) is 0.789. The van der Waals surface area contributed by atoms with E-state index >= 15 is 0 Å². The van der Waals surface area contributed by atoms with Crippen molar-refractivity contribution in [3.05, 3.63) is 34.9 Å². The molecule has 0 saturated heterocycles. The zero-order chi connectivity index (χ0) is 11.8. The van der Waals surface area contributed by atoms with E-state index in [4.69, 9.17) is 16.7 Å². The lowest BCUT2D eigenvalue weighted by Crippen LogP contribution is -2.34. The highest BCUT2D eigenvalue weighted by Crippen LogP contribution is 2.20. The fourth-order valence-corrected chi connectivity index (χ4v) is 2.77. The van der Waals surface area contributed by atoms with Crippen LogP contribution in [0.25, 0.3) is 0 Å². The van der Waals surface area contributed by atoms with Crippen LogP contribution in [0, 0.1) is 0 Å². The van der Waals surface area contributed by atoms with Gasteiger partial charge in [0, 0.05) is 22.6 Å². The normalized spacial score (nSPS) is 12.7. The Hall–Kier alpha value is -0.220. The fraction of sp³-hybridized carbons (Fsp3) is 0.500. The number of thioether (sulfide) groups is 1. The minimum absolute atomic E-state index is 0.178. The summed E-state index contributed by atoms with van der Waals surface area (Å²) in [7, 11) is 0. The Bertz CT molecular complexity index is 309. The summed E-state index contributed by atoms with van der Waals surface area (Å²) in [5, 5.41) is 13.2. The number of aliphatic hydroxyl groups is 1. The Morgan fingerprint density at radius 1 is 1.44 bits per heavy atom. The molecule has 4 heteroatoms. The third-order valence-corrected chi connectivity index (χ3v) is 3.77. The molecule has 0 bridgehead atoms. The van der Waals surface area contributed by atoms with Gasteiger partial charge < -0.3 is 10.4 Å². The number of likely N-dealkylation sites (N-methyl/N-ethyl adjacent to an activating group) is 1. The van der Waals surface area contributed by atoms with Crippen molar-refractivity contribution in [2.45, 2.75) is 18.7 Å². The van der Waals surface area contributed by atoms with E-state index in [1.807, 2.05) is 31.2 Å². The molecule has 0 aliphatic carbocycles. The van der Waals surface area contributed by atoms with E-state index in [9.17, 15) is 0 Å². The van der Waals surface area contributed by atoms with Gasteiger partial charge in [-0.15, -0.1) is 0 Å². The summed E-state index contributed by atoms with van der Waals surface area (Å²) >= 11 is 7.84. The van der Waals surface area contributed by atoms with Gasteiger partial charge in [0.15, 0.2) is 0 Å². The number of rotatable bonds is 7. The highest BCUT2D eigenvalue weighted by atomic mass is 35.5. The second-order valence-corrected chi connectivity index (χ2v) is 4.98. The van der Waals surface area contributed by atoms with Gasteiger partial charge in [-0.1, -0.05) is 36.7 Å². The standard InChI is InChI=1S/C12H18ClNOS/c1-2-14-11(7-15)9-16-8-10-5-3-4-6-12(10)13/h3-6,11,14-15H,2,7-9H2,1H3. The highest BCUT2D eigenvalue weighted by Gasteiger charge is 2.06. The van der Waals surface area contributed by atoms with Gasteiger partial charge in [-0.3, -0.25) is 0 Å². The molecule has 0 amide bonds. The first-order valence-corrected chi connectivity index (χ1v) is 6.96. The number of nitrogens with one attached hydrogen (secondary N) is 1. The molecule has 1 unspecified atom stereocenters.